The Hall–Kier alpha value is -2.53. The Morgan fingerprint density at radius 1 is 1.10 bits per heavy atom. The number of fused-ring (bicyclic) bond motifs is 3. The van der Waals surface area contributed by atoms with Gasteiger partial charge in [-0.15, -0.1) is 0 Å². The van der Waals surface area contributed by atoms with Crippen LogP contribution in [0.2, 0.25) is 0 Å². The van der Waals surface area contributed by atoms with Crippen LogP contribution >= 0.6 is 15.9 Å². The minimum Gasteiger partial charge on any atom is -0.378 e. The molecule has 2 aromatic rings. The number of nitrogens with zero attached hydrogens (tertiary/aromatic N) is 2. The topological polar surface area (TPSA) is 35.6 Å². The molecular weight excluding hydrogens is 438 g/mol. The Morgan fingerprint density at radius 2 is 1.83 bits per heavy atom. The molecule has 2 heterocycles. The van der Waals surface area contributed by atoms with Gasteiger partial charge in [-0.3, -0.25) is 4.79 Å². The van der Waals surface area contributed by atoms with Crippen LogP contribution in [0.25, 0.3) is 6.08 Å². The molecule has 0 radical (unpaired) electrons. The maximum atomic E-state index is 12.5. The summed E-state index contributed by atoms with van der Waals surface area (Å²) in [4.78, 5) is 16.9. The highest BCUT2D eigenvalue weighted by molar-refractivity contribution is 9.10. The van der Waals surface area contributed by atoms with Gasteiger partial charge in [0.05, 0.1) is 5.69 Å². The van der Waals surface area contributed by atoms with Crippen LogP contribution in [0.15, 0.2) is 65.2 Å². The van der Waals surface area contributed by atoms with Crippen LogP contribution in [0.1, 0.15) is 31.4 Å². The van der Waals surface area contributed by atoms with Crippen molar-refractivity contribution in [2.24, 2.45) is 0 Å². The Morgan fingerprint density at radius 3 is 2.53 bits per heavy atom. The van der Waals surface area contributed by atoms with Gasteiger partial charge >= 0.3 is 0 Å². The van der Waals surface area contributed by atoms with Crippen molar-refractivity contribution in [1.29, 1.82) is 0 Å². The summed E-state index contributed by atoms with van der Waals surface area (Å²) in [5, 5.41) is 3.31. The summed E-state index contributed by atoms with van der Waals surface area (Å²) in [6, 6.07) is 14.8. The van der Waals surface area contributed by atoms with Gasteiger partial charge in [0, 0.05) is 42.6 Å². The van der Waals surface area contributed by atoms with Crippen molar-refractivity contribution in [2.75, 3.05) is 30.4 Å². The molecule has 156 valence electrons. The number of amides is 1. The lowest BCUT2D eigenvalue weighted by molar-refractivity contribution is -0.124. The molecule has 2 aliphatic rings. The molecule has 2 aromatic carbocycles. The van der Waals surface area contributed by atoms with Crippen LogP contribution in [0.5, 0.6) is 0 Å². The molecule has 1 atom stereocenters. The lowest BCUT2D eigenvalue weighted by Crippen LogP contribution is -2.68. The summed E-state index contributed by atoms with van der Waals surface area (Å²) in [5.74, 6) is 0.0937. The predicted octanol–water partition coefficient (Wildman–Crippen LogP) is 5.10. The third-order valence-corrected chi connectivity index (χ3v) is 6.99. The monoisotopic (exact) mass is 465 g/mol. The zero-order chi connectivity index (χ0) is 21.5. The number of nitrogens with one attached hydrogen (secondary N) is 1. The summed E-state index contributed by atoms with van der Waals surface area (Å²) in [6.45, 7) is 5.11. The molecule has 1 unspecified atom stereocenters. The van der Waals surface area contributed by atoms with Crippen LogP contribution in [-0.2, 0) is 10.2 Å². The van der Waals surface area contributed by atoms with Crippen LogP contribution in [0.3, 0.4) is 0 Å². The van der Waals surface area contributed by atoms with Gasteiger partial charge in [0.1, 0.15) is 5.66 Å². The zero-order valence-corrected chi connectivity index (χ0v) is 19.5. The van der Waals surface area contributed by atoms with Gasteiger partial charge in [-0.2, -0.15) is 0 Å². The van der Waals surface area contributed by atoms with Crippen LogP contribution in [0, 0.1) is 0 Å². The van der Waals surface area contributed by atoms with Gasteiger partial charge in [-0.25, -0.2) is 0 Å². The SMILES string of the molecule is CN(C)c1ccc(C=CC=CC23NC(=O)CCN2c2c(Br)cccc2C3(C)C)cc1. The van der Waals surface area contributed by atoms with E-state index in [-0.39, 0.29) is 11.3 Å². The second kappa shape index (κ2) is 7.62. The van der Waals surface area contributed by atoms with E-state index >= 15 is 0 Å². The molecular formula is C25H28BrN3O. The fraction of sp³-hybridized carbons (Fsp3) is 0.320. The smallest absolute Gasteiger partial charge is 0.223 e. The molecule has 1 N–H and O–H groups in total. The van der Waals surface area contributed by atoms with E-state index in [1.807, 2.05) is 20.2 Å². The molecule has 0 spiro atoms. The molecule has 1 amide bonds. The minimum absolute atomic E-state index is 0.0937. The number of para-hydroxylation sites is 1. The van der Waals surface area contributed by atoms with E-state index in [1.165, 1.54) is 16.9 Å². The summed E-state index contributed by atoms with van der Waals surface area (Å²) < 4.78 is 1.07. The lowest BCUT2D eigenvalue weighted by atomic mass is 9.74. The fourth-order valence-electron chi connectivity index (χ4n) is 4.60. The second-order valence-electron chi connectivity index (χ2n) is 8.68. The number of hydrogen-bond donors (Lipinski definition) is 1. The summed E-state index contributed by atoms with van der Waals surface area (Å²) in [5.41, 5.74) is 3.87. The van der Waals surface area contributed by atoms with Crippen LogP contribution in [0.4, 0.5) is 11.4 Å². The first-order chi connectivity index (χ1) is 14.3. The van der Waals surface area contributed by atoms with E-state index < -0.39 is 5.66 Å². The Bertz CT molecular complexity index is 1020. The van der Waals surface area contributed by atoms with Gasteiger partial charge in [0.2, 0.25) is 5.91 Å². The zero-order valence-electron chi connectivity index (χ0n) is 17.9. The van der Waals surface area contributed by atoms with Crippen molar-refractivity contribution in [1.82, 2.24) is 5.32 Å². The molecule has 2 aliphatic heterocycles. The third kappa shape index (κ3) is 3.25. The Labute approximate surface area is 187 Å². The lowest BCUT2D eigenvalue weighted by Gasteiger charge is -2.49. The fourth-order valence-corrected chi connectivity index (χ4v) is 5.18. The van der Waals surface area contributed by atoms with E-state index in [0.717, 1.165) is 10.0 Å². The van der Waals surface area contributed by atoms with E-state index in [4.69, 9.17) is 0 Å². The highest BCUT2D eigenvalue weighted by atomic mass is 79.9. The number of halogens is 1. The van der Waals surface area contributed by atoms with E-state index in [9.17, 15) is 4.79 Å². The van der Waals surface area contributed by atoms with E-state index in [1.54, 1.807) is 0 Å². The number of hydrogen-bond acceptors (Lipinski definition) is 3. The highest BCUT2D eigenvalue weighted by Gasteiger charge is 2.58. The predicted molar refractivity (Wildman–Crippen MR) is 129 cm³/mol. The van der Waals surface area contributed by atoms with Gasteiger partial charge in [0.25, 0.3) is 0 Å². The molecule has 0 aliphatic carbocycles. The van der Waals surface area contributed by atoms with Crippen molar-refractivity contribution in [3.8, 4) is 0 Å². The first-order valence-corrected chi connectivity index (χ1v) is 11.1. The van der Waals surface area contributed by atoms with Crippen LogP contribution in [-0.4, -0.2) is 32.2 Å². The van der Waals surface area contributed by atoms with Gasteiger partial charge in [0.15, 0.2) is 0 Å². The summed E-state index contributed by atoms with van der Waals surface area (Å²) >= 11 is 3.73. The minimum atomic E-state index is -0.590. The van der Waals surface area contributed by atoms with Gasteiger partial charge in [-0.1, -0.05) is 56.3 Å². The van der Waals surface area contributed by atoms with Crippen molar-refractivity contribution >= 4 is 39.3 Å². The Balaban J connectivity index is 1.67. The largest absolute Gasteiger partial charge is 0.378 e. The Kier molecular flexibility index (Phi) is 5.27. The molecule has 0 bridgehead atoms. The van der Waals surface area contributed by atoms with E-state index in [0.29, 0.717) is 13.0 Å². The first kappa shape index (κ1) is 20.7. The molecule has 0 saturated carbocycles. The average Bonchev–Trinajstić information content (AvgIpc) is 2.90. The quantitative estimate of drug-likeness (QED) is 0.637. The average molecular weight is 466 g/mol. The second-order valence-corrected chi connectivity index (χ2v) is 9.54. The molecule has 1 saturated heterocycles. The van der Waals surface area contributed by atoms with Crippen molar-refractivity contribution in [2.45, 2.75) is 31.3 Å². The summed E-state index contributed by atoms with van der Waals surface area (Å²) in [7, 11) is 4.08. The maximum absolute atomic E-state index is 12.5. The maximum Gasteiger partial charge on any atom is 0.223 e. The number of carbonyl (C=O) groups excluding carboxylic acids is 1. The number of rotatable bonds is 4. The highest BCUT2D eigenvalue weighted by Crippen LogP contribution is 2.54. The molecule has 0 aromatic heterocycles. The number of benzene rings is 2. The van der Waals surface area contributed by atoms with Gasteiger partial charge in [-0.05, 0) is 51.3 Å². The van der Waals surface area contributed by atoms with E-state index in [2.05, 4.69) is 106 Å². The normalized spacial score (nSPS) is 22.3. The molecule has 1 fully saturated rings. The number of allylic oxidation sites excluding steroid dienone is 2. The molecule has 5 heteroatoms. The van der Waals surface area contributed by atoms with Crippen molar-refractivity contribution in [3.05, 3.63) is 76.3 Å². The first-order valence-electron chi connectivity index (χ1n) is 10.3. The van der Waals surface area contributed by atoms with Crippen LogP contribution < -0.4 is 15.1 Å². The standard InChI is InChI=1S/C25H28BrN3O/c1-24(2)20-9-7-10-21(26)23(20)29-17-15-22(30)27-25(24,29)16-6-5-8-18-11-13-19(14-12-18)28(3)4/h5-14,16H,15,17H2,1-4H3,(H,27,30). The van der Waals surface area contributed by atoms with Crippen molar-refractivity contribution < 1.29 is 4.79 Å². The number of carbonyl (C=O) groups is 1. The summed E-state index contributed by atoms with van der Waals surface area (Å²) in [6.07, 6.45) is 8.83. The molecule has 4 nitrogen and oxygen atoms in total. The third-order valence-electron chi connectivity index (χ3n) is 6.35. The van der Waals surface area contributed by atoms with Crippen molar-refractivity contribution in [3.63, 3.8) is 0 Å². The number of anilines is 2. The molecule has 30 heavy (non-hydrogen) atoms. The van der Waals surface area contributed by atoms with Gasteiger partial charge < -0.3 is 15.1 Å². The molecule has 4 rings (SSSR count).